The molecule has 0 spiro atoms. The van der Waals surface area contributed by atoms with Gasteiger partial charge in [-0.25, -0.2) is 9.78 Å². The highest BCUT2D eigenvalue weighted by Gasteiger charge is 2.31. The Morgan fingerprint density at radius 2 is 2.04 bits per heavy atom. The monoisotopic (exact) mass is 413 g/mol. The van der Waals surface area contributed by atoms with Crippen LogP contribution in [0.5, 0.6) is 0 Å². The van der Waals surface area contributed by atoms with Gasteiger partial charge in [0.15, 0.2) is 5.13 Å². The summed E-state index contributed by atoms with van der Waals surface area (Å²) in [6.07, 6.45) is 3.19. The number of nitrogens with one attached hydrogen (secondary N) is 1. The summed E-state index contributed by atoms with van der Waals surface area (Å²) in [6, 6.07) is 10.8. The number of pyridine rings is 1. The van der Waals surface area contributed by atoms with Crippen LogP contribution in [-0.2, 0) is 6.54 Å². The molecule has 1 aromatic carbocycles. The molecular formula is C19H16ClN5O2S. The van der Waals surface area contributed by atoms with Gasteiger partial charge in [-0.2, -0.15) is 0 Å². The Hall–Kier alpha value is -2.97. The molecular weight excluding hydrogens is 398 g/mol. The van der Waals surface area contributed by atoms with Gasteiger partial charge < -0.3 is 10.2 Å². The zero-order valence-electron chi connectivity index (χ0n) is 14.7. The van der Waals surface area contributed by atoms with Crippen LogP contribution in [0.3, 0.4) is 0 Å². The summed E-state index contributed by atoms with van der Waals surface area (Å²) in [5.41, 5.74) is 1.87. The number of halogens is 1. The number of thiazole rings is 1. The summed E-state index contributed by atoms with van der Waals surface area (Å²) in [6.45, 7) is 1.63. The zero-order valence-corrected chi connectivity index (χ0v) is 16.3. The number of urea groups is 1. The van der Waals surface area contributed by atoms with Crippen LogP contribution in [0.1, 0.15) is 16.1 Å². The van der Waals surface area contributed by atoms with Crippen molar-refractivity contribution >= 4 is 45.7 Å². The number of nitrogens with zero attached hydrogens (tertiary/aromatic N) is 4. The van der Waals surface area contributed by atoms with Gasteiger partial charge in [-0.3, -0.25) is 14.7 Å². The van der Waals surface area contributed by atoms with Crippen LogP contribution in [0.2, 0.25) is 5.02 Å². The molecule has 0 radical (unpaired) electrons. The molecule has 1 saturated heterocycles. The first kappa shape index (κ1) is 18.4. The fraction of sp³-hybridized carbons (Fsp3) is 0.158. The number of amides is 3. The molecule has 1 N–H and O–H groups in total. The largest absolute Gasteiger partial charge is 0.326 e. The van der Waals surface area contributed by atoms with Gasteiger partial charge in [-0.1, -0.05) is 23.7 Å². The topological polar surface area (TPSA) is 78.4 Å². The van der Waals surface area contributed by atoms with Crippen LogP contribution in [0.4, 0.5) is 15.6 Å². The Bertz CT molecular complexity index is 993. The predicted molar refractivity (Wildman–Crippen MR) is 109 cm³/mol. The average molecular weight is 414 g/mol. The average Bonchev–Trinajstić information content (AvgIpc) is 3.32. The van der Waals surface area contributed by atoms with Crippen molar-refractivity contribution in [1.29, 1.82) is 0 Å². The maximum absolute atomic E-state index is 12.7. The Morgan fingerprint density at radius 1 is 1.21 bits per heavy atom. The standard InChI is InChI=1S/C19H16ClN5O2S/c20-14-5-3-13(4-6-14)11-24-8-9-25(19(24)27)18-23-16(12-28-18)17(26)22-15-2-1-7-21-10-15/h1-7,10,12H,8-9,11H2,(H,22,26). The maximum Gasteiger partial charge on any atom is 0.326 e. The normalized spacial score (nSPS) is 13.8. The fourth-order valence-corrected chi connectivity index (χ4v) is 3.79. The van der Waals surface area contributed by atoms with Crippen LogP contribution >= 0.6 is 22.9 Å². The van der Waals surface area contributed by atoms with Crippen molar-refractivity contribution in [1.82, 2.24) is 14.9 Å². The lowest BCUT2D eigenvalue weighted by molar-refractivity contribution is 0.102. The highest BCUT2D eigenvalue weighted by Crippen LogP contribution is 2.26. The van der Waals surface area contributed by atoms with E-state index in [0.717, 1.165) is 5.56 Å². The quantitative estimate of drug-likeness (QED) is 0.688. The first-order valence-corrected chi connectivity index (χ1v) is 9.84. The number of benzene rings is 1. The molecule has 142 valence electrons. The van der Waals surface area contributed by atoms with E-state index in [9.17, 15) is 9.59 Å². The van der Waals surface area contributed by atoms with Crippen molar-refractivity contribution in [2.45, 2.75) is 6.54 Å². The van der Waals surface area contributed by atoms with E-state index < -0.39 is 0 Å². The molecule has 2 aromatic heterocycles. The number of aromatic nitrogens is 2. The minimum atomic E-state index is -0.333. The lowest BCUT2D eigenvalue weighted by atomic mass is 10.2. The van der Waals surface area contributed by atoms with Crippen LogP contribution in [-0.4, -0.2) is 39.9 Å². The number of hydrogen-bond donors (Lipinski definition) is 1. The van der Waals surface area contributed by atoms with Gasteiger partial charge in [0, 0.05) is 36.2 Å². The fourth-order valence-electron chi connectivity index (χ4n) is 2.84. The number of rotatable bonds is 5. The molecule has 28 heavy (non-hydrogen) atoms. The van der Waals surface area contributed by atoms with E-state index >= 15 is 0 Å². The Labute approximate surface area is 170 Å². The Morgan fingerprint density at radius 3 is 2.79 bits per heavy atom. The minimum absolute atomic E-state index is 0.122. The molecule has 1 aliphatic heterocycles. The first-order chi connectivity index (χ1) is 13.6. The van der Waals surface area contributed by atoms with Crippen molar-refractivity contribution in [3.63, 3.8) is 0 Å². The van der Waals surface area contributed by atoms with Crippen molar-refractivity contribution in [2.24, 2.45) is 0 Å². The third-order valence-electron chi connectivity index (χ3n) is 4.26. The summed E-state index contributed by atoms with van der Waals surface area (Å²) in [5, 5.41) is 5.57. The second-order valence-electron chi connectivity index (χ2n) is 6.19. The lowest BCUT2D eigenvalue weighted by Crippen LogP contribution is -2.31. The van der Waals surface area contributed by atoms with E-state index in [0.29, 0.717) is 35.5 Å². The highest BCUT2D eigenvalue weighted by atomic mass is 35.5. The minimum Gasteiger partial charge on any atom is -0.319 e. The van der Waals surface area contributed by atoms with Crippen LogP contribution in [0.25, 0.3) is 0 Å². The van der Waals surface area contributed by atoms with E-state index in [1.807, 2.05) is 24.3 Å². The van der Waals surface area contributed by atoms with Gasteiger partial charge in [0.25, 0.3) is 5.91 Å². The van der Waals surface area contributed by atoms with Crippen molar-refractivity contribution in [3.05, 3.63) is 70.5 Å². The molecule has 0 saturated carbocycles. The summed E-state index contributed by atoms with van der Waals surface area (Å²) < 4.78 is 0. The van der Waals surface area contributed by atoms with Crippen LogP contribution in [0.15, 0.2) is 54.2 Å². The van der Waals surface area contributed by atoms with Crippen LogP contribution < -0.4 is 10.2 Å². The number of carbonyl (C=O) groups is 2. The summed E-state index contributed by atoms with van der Waals surface area (Å²) in [5.74, 6) is -0.333. The van der Waals surface area contributed by atoms with Crippen molar-refractivity contribution in [3.8, 4) is 0 Å². The Kier molecular flexibility index (Phi) is 5.23. The number of anilines is 2. The van der Waals surface area contributed by atoms with Gasteiger partial charge in [-0.05, 0) is 29.8 Å². The molecule has 7 nitrogen and oxygen atoms in total. The lowest BCUT2D eigenvalue weighted by Gasteiger charge is -2.17. The predicted octanol–water partition coefficient (Wildman–Crippen LogP) is 3.89. The van der Waals surface area contributed by atoms with Gasteiger partial charge in [0.2, 0.25) is 0 Å². The molecule has 1 aliphatic rings. The third kappa shape index (κ3) is 3.97. The highest BCUT2D eigenvalue weighted by molar-refractivity contribution is 7.14. The van der Waals surface area contributed by atoms with Gasteiger partial charge in [0.1, 0.15) is 5.69 Å². The second-order valence-corrected chi connectivity index (χ2v) is 7.47. The van der Waals surface area contributed by atoms with E-state index in [4.69, 9.17) is 11.6 Å². The van der Waals surface area contributed by atoms with Gasteiger partial charge in [0.05, 0.1) is 11.9 Å². The molecule has 3 amide bonds. The molecule has 0 unspecified atom stereocenters. The number of carbonyl (C=O) groups excluding carboxylic acids is 2. The summed E-state index contributed by atoms with van der Waals surface area (Å²) in [7, 11) is 0. The van der Waals surface area contributed by atoms with E-state index in [1.165, 1.54) is 11.3 Å². The van der Waals surface area contributed by atoms with Gasteiger partial charge in [-0.15, -0.1) is 11.3 Å². The molecule has 3 aromatic rings. The van der Waals surface area contributed by atoms with Gasteiger partial charge >= 0.3 is 6.03 Å². The molecule has 0 aliphatic carbocycles. The Balaban J connectivity index is 1.41. The molecule has 0 bridgehead atoms. The zero-order chi connectivity index (χ0) is 19.5. The summed E-state index contributed by atoms with van der Waals surface area (Å²) >= 11 is 7.18. The van der Waals surface area contributed by atoms with E-state index in [-0.39, 0.29) is 17.6 Å². The van der Waals surface area contributed by atoms with E-state index in [1.54, 1.807) is 39.7 Å². The SMILES string of the molecule is O=C(Nc1cccnc1)c1csc(N2CCN(Cc3ccc(Cl)cc3)C2=O)n1. The molecule has 4 rings (SSSR count). The third-order valence-corrected chi connectivity index (χ3v) is 5.37. The molecule has 9 heteroatoms. The smallest absolute Gasteiger partial charge is 0.319 e. The second kappa shape index (κ2) is 7.95. The maximum atomic E-state index is 12.7. The van der Waals surface area contributed by atoms with Crippen molar-refractivity contribution in [2.75, 3.05) is 23.3 Å². The van der Waals surface area contributed by atoms with Crippen molar-refractivity contribution < 1.29 is 9.59 Å². The summed E-state index contributed by atoms with van der Waals surface area (Å²) in [4.78, 5) is 36.7. The van der Waals surface area contributed by atoms with Crippen LogP contribution in [0, 0.1) is 0 Å². The molecule has 0 atom stereocenters. The van der Waals surface area contributed by atoms with E-state index in [2.05, 4.69) is 15.3 Å². The molecule has 1 fully saturated rings. The first-order valence-electron chi connectivity index (χ1n) is 8.58. The number of hydrogen-bond acceptors (Lipinski definition) is 5. The molecule has 3 heterocycles.